The summed E-state index contributed by atoms with van der Waals surface area (Å²) in [5.41, 5.74) is 0.557. The molecule has 134 valence electrons. The van der Waals surface area contributed by atoms with E-state index in [1.165, 1.54) is 12.1 Å². The Morgan fingerprint density at radius 1 is 1.23 bits per heavy atom. The first kappa shape index (κ1) is 17.4. The Balaban J connectivity index is 2.20. The first-order valence-corrected chi connectivity index (χ1v) is 7.89. The monoisotopic (exact) mass is 355 g/mol. The molecule has 3 N–H and O–H groups in total. The van der Waals surface area contributed by atoms with Gasteiger partial charge in [0.15, 0.2) is 5.75 Å². The second kappa shape index (κ2) is 6.85. The van der Waals surface area contributed by atoms with E-state index < -0.39 is 16.1 Å². The molecule has 2 aromatic carbocycles. The molecule has 3 rings (SSSR count). The van der Waals surface area contributed by atoms with Crippen molar-refractivity contribution in [2.75, 3.05) is 25.1 Å². The standard InChI is InChI=1S/C18H17N3O5/c1-20(8-9-22)14-7-6-11(10-15(14)21(25)26)16-18(24)17(23)12-4-2-3-5-13(12)19-16/h2-7,10,22,24H,8-9H2,1H3,(H,19,23). The molecular weight excluding hydrogens is 338 g/mol. The number of H-pyrrole nitrogens is 1. The number of rotatable bonds is 5. The van der Waals surface area contributed by atoms with E-state index in [1.54, 1.807) is 42.3 Å². The predicted molar refractivity (Wildman–Crippen MR) is 98.7 cm³/mol. The van der Waals surface area contributed by atoms with E-state index in [2.05, 4.69) is 4.98 Å². The van der Waals surface area contributed by atoms with Gasteiger partial charge in [0.25, 0.3) is 5.69 Å². The lowest BCUT2D eigenvalue weighted by molar-refractivity contribution is -0.384. The van der Waals surface area contributed by atoms with Crippen LogP contribution in [-0.2, 0) is 0 Å². The molecule has 1 aromatic heterocycles. The third-order valence-corrected chi connectivity index (χ3v) is 4.19. The highest BCUT2D eigenvalue weighted by Gasteiger charge is 2.20. The number of nitro groups is 1. The van der Waals surface area contributed by atoms with Crippen molar-refractivity contribution in [3.05, 3.63) is 62.8 Å². The molecule has 0 aliphatic heterocycles. The zero-order valence-corrected chi connectivity index (χ0v) is 14.0. The average Bonchev–Trinajstić information content (AvgIpc) is 2.64. The number of para-hydroxylation sites is 1. The van der Waals surface area contributed by atoms with E-state index in [1.807, 2.05) is 0 Å². The van der Waals surface area contributed by atoms with Gasteiger partial charge in [0.2, 0.25) is 5.43 Å². The highest BCUT2D eigenvalue weighted by atomic mass is 16.6. The summed E-state index contributed by atoms with van der Waals surface area (Å²) in [5, 5.41) is 31.1. The summed E-state index contributed by atoms with van der Waals surface area (Å²) >= 11 is 0. The normalized spacial score (nSPS) is 10.8. The molecule has 8 nitrogen and oxygen atoms in total. The number of hydrogen-bond donors (Lipinski definition) is 3. The van der Waals surface area contributed by atoms with Crippen LogP contribution in [0.4, 0.5) is 11.4 Å². The number of aliphatic hydroxyl groups is 1. The van der Waals surface area contributed by atoms with Gasteiger partial charge in [0, 0.05) is 36.1 Å². The third-order valence-electron chi connectivity index (χ3n) is 4.19. The molecule has 0 aliphatic rings. The lowest BCUT2D eigenvalue weighted by Crippen LogP contribution is -2.22. The van der Waals surface area contributed by atoms with Crippen LogP contribution >= 0.6 is 0 Å². The Morgan fingerprint density at radius 3 is 2.65 bits per heavy atom. The Bertz CT molecular complexity index is 1040. The molecule has 0 aliphatic carbocycles. The van der Waals surface area contributed by atoms with E-state index in [0.717, 1.165) is 0 Å². The summed E-state index contributed by atoms with van der Waals surface area (Å²) in [6, 6.07) is 11.1. The molecule has 3 aromatic rings. The van der Waals surface area contributed by atoms with Crippen molar-refractivity contribution in [1.82, 2.24) is 4.98 Å². The zero-order valence-electron chi connectivity index (χ0n) is 14.0. The van der Waals surface area contributed by atoms with E-state index in [9.17, 15) is 20.0 Å². The molecule has 0 bridgehead atoms. The second-order valence-corrected chi connectivity index (χ2v) is 5.83. The molecule has 0 saturated heterocycles. The van der Waals surface area contributed by atoms with Gasteiger partial charge in [-0.3, -0.25) is 14.9 Å². The number of nitrogens with zero attached hydrogens (tertiary/aromatic N) is 2. The number of benzene rings is 2. The fraction of sp³-hybridized carbons (Fsp3) is 0.167. The van der Waals surface area contributed by atoms with Crippen LogP contribution in [0, 0.1) is 10.1 Å². The van der Waals surface area contributed by atoms with Crippen molar-refractivity contribution in [2.24, 2.45) is 0 Å². The van der Waals surface area contributed by atoms with Crippen LogP contribution in [0.5, 0.6) is 5.75 Å². The van der Waals surface area contributed by atoms with Crippen LogP contribution in [0.1, 0.15) is 0 Å². The number of nitrogens with one attached hydrogen (secondary N) is 1. The lowest BCUT2D eigenvalue weighted by atomic mass is 10.1. The molecule has 26 heavy (non-hydrogen) atoms. The summed E-state index contributed by atoms with van der Waals surface area (Å²) < 4.78 is 0. The van der Waals surface area contributed by atoms with Crippen LogP contribution in [0.2, 0.25) is 0 Å². The van der Waals surface area contributed by atoms with E-state index in [0.29, 0.717) is 22.2 Å². The van der Waals surface area contributed by atoms with Crippen molar-refractivity contribution < 1.29 is 15.1 Å². The van der Waals surface area contributed by atoms with E-state index in [4.69, 9.17) is 5.11 Å². The summed E-state index contributed by atoms with van der Waals surface area (Å²) in [5.74, 6) is -0.491. The minimum Gasteiger partial charge on any atom is -0.503 e. The molecule has 1 heterocycles. The quantitative estimate of drug-likeness (QED) is 0.477. The molecule has 0 spiro atoms. The van der Waals surface area contributed by atoms with Gasteiger partial charge in [-0.1, -0.05) is 18.2 Å². The largest absolute Gasteiger partial charge is 0.503 e. The number of aromatic hydroxyl groups is 1. The van der Waals surface area contributed by atoms with Gasteiger partial charge in [-0.05, 0) is 18.2 Å². The van der Waals surface area contributed by atoms with Gasteiger partial charge in [0.1, 0.15) is 5.69 Å². The number of nitro benzene ring substituents is 1. The Hall–Kier alpha value is -3.39. The Morgan fingerprint density at radius 2 is 1.96 bits per heavy atom. The zero-order chi connectivity index (χ0) is 18.8. The molecule has 0 amide bonds. The highest BCUT2D eigenvalue weighted by Crippen LogP contribution is 2.34. The highest BCUT2D eigenvalue weighted by molar-refractivity contribution is 5.85. The number of anilines is 1. The molecule has 0 atom stereocenters. The van der Waals surface area contributed by atoms with Gasteiger partial charge in [-0.15, -0.1) is 0 Å². The van der Waals surface area contributed by atoms with Crippen molar-refractivity contribution in [2.45, 2.75) is 0 Å². The van der Waals surface area contributed by atoms with E-state index in [-0.39, 0.29) is 24.5 Å². The predicted octanol–water partition coefficient (Wildman–Crippen LogP) is 2.24. The van der Waals surface area contributed by atoms with Crippen molar-refractivity contribution in [1.29, 1.82) is 0 Å². The molecule has 0 unspecified atom stereocenters. The second-order valence-electron chi connectivity index (χ2n) is 5.83. The Labute approximate surface area is 148 Å². The first-order valence-electron chi connectivity index (χ1n) is 7.89. The minimum atomic E-state index is -0.543. The summed E-state index contributed by atoms with van der Waals surface area (Å²) in [6.45, 7) is 0.0897. The summed E-state index contributed by atoms with van der Waals surface area (Å²) in [7, 11) is 1.63. The van der Waals surface area contributed by atoms with Gasteiger partial charge in [-0.25, -0.2) is 0 Å². The van der Waals surface area contributed by atoms with Gasteiger partial charge < -0.3 is 20.1 Å². The fourth-order valence-electron chi connectivity index (χ4n) is 2.85. The van der Waals surface area contributed by atoms with Crippen molar-refractivity contribution >= 4 is 22.3 Å². The Kier molecular flexibility index (Phi) is 4.59. The van der Waals surface area contributed by atoms with Crippen LogP contribution in [0.25, 0.3) is 22.2 Å². The molecule has 0 radical (unpaired) electrons. The topological polar surface area (TPSA) is 120 Å². The van der Waals surface area contributed by atoms with Gasteiger partial charge in [0.05, 0.1) is 17.2 Å². The maximum atomic E-state index is 12.4. The third kappa shape index (κ3) is 2.98. The summed E-state index contributed by atoms with van der Waals surface area (Å²) in [4.78, 5) is 27.8. The smallest absolute Gasteiger partial charge is 0.293 e. The van der Waals surface area contributed by atoms with Crippen LogP contribution < -0.4 is 10.3 Å². The van der Waals surface area contributed by atoms with E-state index >= 15 is 0 Å². The average molecular weight is 355 g/mol. The molecular formula is C18H17N3O5. The first-order chi connectivity index (χ1) is 12.4. The van der Waals surface area contributed by atoms with Gasteiger partial charge >= 0.3 is 0 Å². The number of hydrogen-bond acceptors (Lipinski definition) is 6. The number of pyridine rings is 1. The summed E-state index contributed by atoms with van der Waals surface area (Å²) in [6.07, 6.45) is 0. The SMILES string of the molecule is CN(CCO)c1ccc(-c2[nH]c3ccccc3c(=O)c2O)cc1[N+](=O)[O-]. The number of aromatic amines is 1. The van der Waals surface area contributed by atoms with Crippen LogP contribution in [0.15, 0.2) is 47.3 Å². The fourth-order valence-corrected chi connectivity index (χ4v) is 2.85. The number of fused-ring (bicyclic) bond motifs is 1. The number of aliphatic hydroxyl groups excluding tert-OH is 1. The minimum absolute atomic E-state index is 0.119. The van der Waals surface area contributed by atoms with Crippen molar-refractivity contribution in [3.8, 4) is 17.0 Å². The number of aromatic nitrogens is 1. The molecule has 0 saturated carbocycles. The maximum absolute atomic E-state index is 12.4. The van der Waals surface area contributed by atoms with Crippen molar-refractivity contribution in [3.63, 3.8) is 0 Å². The van der Waals surface area contributed by atoms with Crippen LogP contribution in [-0.4, -0.2) is 40.3 Å². The number of likely N-dealkylation sites (N-methyl/N-ethyl adjacent to an activating group) is 1. The lowest BCUT2D eigenvalue weighted by Gasteiger charge is -2.18. The molecule has 8 heteroatoms. The maximum Gasteiger partial charge on any atom is 0.293 e. The molecule has 0 fully saturated rings. The van der Waals surface area contributed by atoms with Gasteiger partial charge in [-0.2, -0.15) is 0 Å². The van der Waals surface area contributed by atoms with Crippen LogP contribution in [0.3, 0.4) is 0 Å².